The maximum Gasteiger partial charge on any atom is 0.348 e. The van der Waals surface area contributed by atoms with Crippen molar-refractivity contribution in [3.8, 4) is 0 Å². The molecule has 2 aromatic rings. The number of thiophene rings is 1. The zero-order valence-corrected chi connectivity index (χ0v) is 22.1. The Hall–Kier alpha value is -1.19. The molecular formula is C26H31ClF2O4S2. The van der Waals surface area contributed by atoms with Gasteiger partial charge < -0.3 is 14.2 Å². The van der Waals surface area contributed by atoms with E-state index in [9.17, 15) is 13.6 Å². The number of halogens is 3. The van der Waals surface area contributed by atoms with Gasteiger partial charge in [0.15, 0.2) is 6.29 Å². The number of ether oxygens (including phenoxy) is 3. The van der Waals surface area contributed by atoms with Crippen LogP contribution in [0.4, 0.5) is 8.78 Å². The van der Waals surface area contributed by atoms with Crippen molar-refractivity contribution in [1.29, 1.82) is 0 Å². The molecule has 1 aromatic heterocycles. The molecule has 0 N–H and O–H groups in total. The van der Waals surface area contributed by atoms with Crippen molar-refractivity contribution in [3.05, 3.63) is 51.7 Å². The van der Waals surface area contributed by atoms with Gasteiger partial charge >= 0.3 is 5.97 Å². The first kappa shape index (κ1) is 26.9. The topological polar surface area (TPSA) is 44.8 Å². The molecule has 1 aliphatic carbocycles. The van der Waals surface area contributed by atoms with Crippen LogP contribution < -0.4 is 0 Å². The van der Waals surface area contributed by atoms with Gasteiger partial charge in [-0.1, -0.05) is 0 Å². The second-order valence-corrected chi connectivity index (χ2v) is 11.9. The van der Waals surface area contributed by atoms with Crippen LogP contribution in [0.3, 0.4) is 0 Å². The maximum atomic E-state index is 13.7. The highest BCUT2D eigenvalue weighted by atomic mass is 35.5. The predicted molar refractivity (Wildman–Crippen MR) is 135 cm³/mol. The Balaban J connectivity index is 1.40. The molecule has 35 heavy (non-hydrogen) atoms. The van der Waals surface area contributed by atoms with E-state index in [4.69, 9.17) is 25.8 Å². The standard InChI is InChI=1S/C26H31ClF2O4S2/c1-31-26(30)24-9-8-18(35-24)5-4-6-20-21(15-34-19-12-16(28)11-17(29)13-19)23(14-22(20)27)33-25-7-2-3-10-32-25/h8-9,11-13,20-23,25H,2-7,10,14-15H2,1H3/t20-,21-,22-,23-,25?/m1/s1. The van der Waals surface area contributed by atoms with E-state index < -0.39 is 11.6 Å². The third-order valence-electron chi connectivity index (χ3n) is 6.70. The van der Waals surface area contributed by atoms with Gasteiger partial charge in [-0.25, -0.2) is 13.6 Å². The van der Waals surface area contributed by atoms with Crippen LogP contribution in [-0.2, 0) is 20.6 Å². The summed E-state index contributed by atoms with van der Waals surface area (Å²) in [6, 6.07) is 7.40. The molecule has 2 fully saturated rings. The number of carbonyl (C=O) groups excluding carboxylic acids is 1. The van der Waals surface area contributed by atoms with Gasteiger partial charge in [-0.2, -0.15) is 0 Å². The molecule has 0 radical (unpaired) electrons. The summed E-state index contributed by atoms with van der Waals surface area (Å²) >= 11 is 9.76. The predicted octanol–water partition coefficient (Wildman–Crippen LogP) is 7.08. The second-order valence-electron chi connectivity index (χ2n) is 9.12. The van der Waals surface area contributed by atoms with Gasteiger partial charge in [0.25, 0.3) is 0 Å². The van der Waals surface area contributed by atoms with Gasteiger partial charge in [0, 0.05) is 33.6 Å². The number of aryl methyl sites for hydroxylation is 1. The molecule has 0 bridgehead atoms. The Morgan fingerprint density at radius 1 is 1.20 bits per heavy atom. The van der Waals surface area contributed by atoms with E-state index in [0.29, 0.717) is 22.1 Å². The number of carbonyl (C=O) groups is 1. The molecule has 2 heterocycles. The lowest BCUT2D eigenvalue weighted by Gasteiger charge is -2.30. The smallest absolute Gasteiger partial charge is 0.348 e. The van der Waals surface area contributed by atoms with Crippen LogP contribution in [0.15, 0.2) is 35.2 Å². The van der Waals surface area contributed by atoms with Crippen LogP contribution >= 0.6 is 34.7 Å². The van der Waals surface area contributed by atoms with Crippen molar-refractivity contribution in [2.24, 2.45) is 11.8 Å². The molecular weight excluding hydrogens is 514 g/mol. The third-order valence-corrected chi connectivity index (χ3v) is 9.45. The molecule has 1 saturated heterocycles. The second kappa shape index (κ2) is 12.9. The summed E-state index contributed by atoms with van der Waals surface area (Å²) in [7, 11) is 1.38. The van der Waals surface area contributed by atoms with E-state index in [0.717, 1.165) is 55.9 Å². The minimum atomic E-state index is -0.573. The van der Waals surface area contributed by atoms with Gasteiger partial charge in [-0.05, 0) is 81.0 Å². The van der Waals surface area contributed by atoms with Crippen LogP contribution in [0, 0.1) is 23.5 Å². The van der Waals surface area contributed by atoms with Gasteiger partial charge in [-0.15, -0.1) is 34.7 Å². The Bertz CT molecular complexity index is 962. The van der Waals surface area contributed by atoms with E-state index in [1.807, 2.05) is 6.07 Å². The van der Waals surface area contributed by atoms with E-state index >= 15 is 0 Å². The molecule has 1 aromatic carbocycles. The number of thioether (sulfide) groups is 1. The number of methoxy groups -OCH3 is 1. The summed E-state index contributed by atoms with van der Waals surface area (Å²) in [5, 5.41) is -0.0348. The molecule has 2 aliphatic rings. The fourth-order valence-electron chi connectivity index (χ4n) is 4.95. The molecule has 0 amide bonds. The third kappa shape index (κ3) is 7.41. The Morgan fingerprint density at radius 2 is 2.00 bits per heavy atom. The number of hydrogen-bond acceptors (Lipinski definition) is 6. The van der Waals surface area contributed by atoms with Crippen molar-refractivity contribution in [3.63, 3.8) is 0 Å². The highest BCUT2D eigenvalue weighted by molar-refractivity contribution is 7.99. The van der Waals surface area contributed by atoms with E-state index in [1.54, 1.807) is 6.07 Å². The lowest BCUT2D eigenvalue weighted by atomic mass is 9.91. The Labute approximate surface area is 218 Å². The minimum absolute atomic E-state index is 0.0348. The summed E-state index contributed by atoms with van der Waals surface area (Å²) in [6.45, 7) is 0.710. The first-order valence-corrected chi connectivity index (χ1v) is 14.3. The lowest BCUT2D eigenvalue weighted by Crippen LogP contribution is -2.32. The molecule has 4 rings (SSSR count). The summed E-state index contributed by atoms with van der Waals surface area (Å²) in [4.78, 5) is 14.0. The lowest BCUT2D eigenvalue weighted by molar-refractivity contribution is -0.194. The van der Waals surface area contributed by atoms with Gasteiger partial charge in [0.2, 0.25) is 0 Å². The molecule has 5 atom stereocenters. The Morgan fingerprint density at radius 3 is 2.71 bits per heavy atom. The zero-order chi connectivity index (χ0) is 24.8. The minimum Gasteiger partial charge on any atom is -0.465 e. The number of benzene rings is 1. The molecule has 9 heteroatoms. The largest absolute Gasteiger partial charge is 0.465 e. The van der Waals surface area contributed by atoms with Crippen LogP contribution in [0.2, 0.25) is 0 Å². The molecule has 192 valence electrons. The first-order valence-electron chi connectivity index (χ1n) is 12.1. The number of hydrogen-bond donors (Lipinski definition) is 0. The average Bonchev–Trinajstić information content (AvgIpc) is 3.42. The van der Waals surface area contributed by atoms with Gasteiger partial charge in [0.05, 0.1) is 13.2 Å². The maximum absolute atomic E-state index is 13.7. The number of rotatable bonds is 10. The number of esters is 1. The molecule has 1 saturated carbocycles. The summed E-state index contributed by atoms with van der Waals surface area (Å²) in [6.07, 6.45) is 6.18. The highest BCUT2D eigenvalue weighted by Gasteiger charge is 2.43. The zero-order valence-electron chi connectivity index (χ0n) is 19.7. The van der Waals surface area contributed by atoms with E-state index in [2.05, 4.69) is 0 Å². The van der Waals surface area contributed by atoms with Crippen molar-refractivity contribution in [2.45, 2.75) is 67.6 Å². The van der Waals surface area contributed by atoms with Gasteiger partial charge in [-0.3, -0.25) is 0 Å². The van der Waals surface area contributed by atoms with Crippen LogP contribution in [0.25, 0.3) is 0 Å². The normalized spacial score (nSPS) is 26.7. The number of alkyl halides is 1. The van der Waals surface area contributed by atoms with Crippen molar-refractivity contribution in [2.75, 3.05) is 19.5 Å². The Kier molecular flexibility index (Phi) is 9.87. The molecule has 0 spiro atoms. The van der Waals surface area contributed by atoms with E-state index in [1.165, 1.54) is 42.3 Å². The first-order chi connectivity index (χ1) is 16.9. The summed E-state index contributed by atoms with van der Waals surface area (Å²) in [5.74, 6) is -0.425. The SMILES string of the molecule is COC(=O)c1ccc(CCC[C@@H]2[C@@H](CSc3cc(F)cc(F)c3)[C@H](OC3CCCCO3)C[C@H]2Cl)s1. The summed E-state index contributed by atoms with van der Waals surface area (Å²) < 4.78 is 44.4. The van der Waals surface area contributed by atoms with Crippen LogP contribution in [0.5, 0.6) is 0 Å². The average molecular weight is 545 g/mol. The highest BCUT2D eigenvalue weighted by Crippen LogP contribution is 2.44. The van der Waals surface area contributed by atoms with Gasteiger partial charge in [0.1, 0.15) is 16.5 Å². The molecule has 4 nitrogen and oxygen atoms in total. The molecule has 1 aliphatic heterocycles. The fourth-order valence-corrected chi connectivity index (χ4v) is 7.64. The van der Waals surface area contributed by atoms with E-state index in [-0.39, 0.29) is 35.6 Å². The van der Waals surface area contributed by atoms with Crippen molar-refractivity contribution in [1.82, 2.24) is 0 Å². The molecule has 1 unspecified atom stereocenters. The van der Waals surface area contributed by atoms with Crippen molar-refractivity contribution >= 4 is 40.7 Å². The fraction of sp³-hybridized carbons (Fsp3) is 0.577. The monoisotopic (exact) mass is 544 g/mol. The van der Waals surface area contributed by atoms with Crippen molar-refractivity contribution < 1.29 is 27.8 Å². The van der Waals surface area contributed by atoms with Crippen LogP contribution in [0.1, 0.15) is 53.1 Å². The summed E-state index contributed by atoms with van der Waals surface area (Å²) in [5.41, 5.74) is 0. The quantitative estimate of drug-likeness (QED) is 0.182. The van der Waals surface area contributed by atoms with Crippen LogP contribution in [-0.4, -0.2) is 43.2 Å².